The Bertz CT molecular complexity index is 140. The first-order valence-electron chi connectivity index (χ1n) is 2.61. The fourth-order valence-electron chi connectivity index (χ4n) is 0.817. The van der Waals surface area contributed by atoms with Gasteiger partial charge in [-0.15, -0.1) is 0 Å². The zero-order valence-electron chi connectivity index (χ0n) is 4.60. The minimum absolute atomic E-state index is 0.484. The van der Waals surface area contributed by atoms with E-state index in [1.807, 2.05) is 0 Å². The van der Waals surface area contributed by atoms with Gasteiger partial charge in [-0.05, 0) is 0 Å². The highest BCUT2D eigenvalue weighted by Gasteiger charge is 2.51. The zero-order chi connectivity index (χ0) is 7.07. The topological polar surface area (TPSA) is 37.3 Å². The summed E-state index contributed by atoms with van der Waals surface area (Å²) in [5.41, 5.74) is -2.26. The number of alkyl halides is 2. The van der Waals surface area contributed by atoms with E-state index >= 15 is 0 Å². The summed E-state index contributed by atoms with van der Waals surface area (Å²) in [4.78, 5) is 9.91. The average Bonchev–Trinajstić information content (AvgIpc) is 1.62. The molecule has 1 aliphatic rings. The van der Waals surface area contributed by atoms with E-state index in [1.54, 1.807) is 0 Å². The van der Waals surface area contributed by atoms with Crippen molar-refractivity contribution >= 4 is 5.97 Å². The van der Waals surface area contributed by atoms with E-state index in [4.69, 9.17) is 5.11 Å². The number of halogens is 2. The minimum Gasteiger partial charge on any atom is -0.479 e. The van der Waals surface area contributed by atoms with Crippen LogP contribution in [0.3, 0.4) is 0 Å². The maximum Gasteiger partial charge on any atom is 0.341 e. The van der Waals surface area contributed by atoms with E-state index in [2.05, 4.69) is 0 Å². The molecule has 0 aliphatic heterocycles. The Morgan fingerprint density at radius 2 is 2.11 bits per heavy atom. The molecule has 0 aromatic heterocycles. The monoisotopic (exact) mass is 136 g/mol. The Balaban J connectivity index is 2.50. The lowest BCUT2D eigenvalue weighted by atomic mass is 9.80. The molecule has 1 fully saturated rings. The minimum atomic E-state index is -2.26. The summed E-state index contributed by atoms with van der Waals surface area (Å²) in [7, 11) is 0. The molecule has 2 nitrogen and oxygen atoms in total. The van der Waals surface area contributed by atoms with Gasteiger partial charge in [-0.25, -0.2) is 13.6 Å². The highest BCUT2D eigenvalue weighted by molar-refractivity contribution is 5.78. The predicted molar refractivity (Wildman–Crippen MR) is 25.6 cm³/mol. The molecule has 0 saturated heterocycles. The third-order valence-corrected chi connectivity index (χ3v) is 1.47. The van der Waals surface area contributed by atoms with Crippen LogP contribution in [0.1, 0.15) is 12.8 Å². The summed E-state index contributed by atoms with van der Waals surface area (Å²) in [5.74, 6) is -1.54. The molecule has 0 aromatic carbocycles. The van der Waals surface area contributed by atoms with Gasteiger partial charge in [0.1, 0.15) is 6.17 Å². The van der Waals surface area contributed by atoms with Crippen LogP contribution < -0.4 is 0 Å². The first kappa shape index (κ1) is 6.45. The summed E-state index contributed by atoms with van der Waals surface area (Å²) in [5, 5.41) is 8.07. The SMILES string of the molecule is O=C(O)C1(F)CC(F)C1. The van der Waals surface area contributed by atoms with Gasteiger partial charge < -0.3 is 5.11 Å². The van der Waals surface area contributed by atoms with Gasteiger partial charge in [0.25, 0.3) is 0 Å². The van der Waals surface area contributed by atoms with Gasteiger partial charge in [0.05, 0.1) is 0 Å². The van der Waals surface area contributed by atoms with Gasteiger partial charge >= 0.3 is 5.97 Å². The van der Waals surface area contributed by atoms with Crippen molar-refractivity contribution in [3.05, 3.63) is 0 Å². The van der Waals surface area contributed by atoms with Crippen molar-refractivity contribution in [2.75, 3.05) is 0 Å². The van der Waals surface area contributed by atoms with Crippen LogP contribution in [0.2, 0.25) is 0 Å². The fraction of sp³-hybridized carbons (Fsp3) is 0.800. The molecule has 4 heteroatoms. The highest BCUT2D eigenvalue weighted by atomic mass is 19.2. The average molecular weight is 136 g/mol. The number of hydrogen-bond acceptors (Lipinski definition) is 1. The van der Waals surface area contributed by atoms with E-state index in [9.17, 15) is 13.6 Å². The first-order valence-corrected chi connectivity index (χ1v) is 2.61. The van der Waals surface area contributed by atoms with Crippen LogP contribution in [0, 0.1) is 0 Å². The van der Waals surface area contributed by atoms with Gasteiger partial charge in [0.15, 0.2) is 0 Å². The van der Waals surface area contributed by atoms with E-state index in [0.717, 1.165) is 0 Å². The second kappa shape index (κ2) is 1.65. The van der Waals surface area contributed by atoms with Crippen molar-refractivity contribution in [2.45, 2.75) is 24.7 Å². The Labute approximate surface area is 50.5 Å². The van der Waals surface area contributed by atoms with Crippen LogP contribution in [0.15, 0.2) is 0 Å². The third-order valence-electron chi connectivity index (χ3n) is 1.47. The van der Waals surface area contributed by atoms with E-state index in [-0.39, 0.29) is 0 Å². The second-order valence-corrected chi connectivity index (χ2v) is 2.28. The number of carbonyl (C=O) groups is 1. The zero-order valence-corrected chi connectivity index (χ0v) is 4.60. The molecule has 1 aliphatic carbocycles. The summed E-state index contributed by atoms with van der Waals surface area (Å²) in [6, 6.07) is 0. The maximum absolute atomic E-state index is 12.4. The first-order chi connectivity index (χ1) is 4.04. The van der Waals surface area contributed by atoms with Crippen LogP contribution in [0.4, 0.5) is 8.78 Å². The van der Waals surface area contributed by atoms with Crippen molar-refractivity contribution in [2.24, 2.45) is 0 Å². The molecule has 1 N–H and O–H groups in total. The number of hydrogen-bond donors (Lipinski definition) is 1. The summed E-state index contributed by atoms with van der Waals surface area (Å²) >= 11 is 0. The normalized spacial score (nSPS) is 41.8. The van der Waals surface area contributed by atoms with E-state index in [0.29, 0.717) is 0 Å². The van der Waals surface area contributed by atoms with Crippen LogP contribution in [-0.2, 0) is 4.79 Å². The Morgan fingerprint density at radius 1 is 1.67 bits per heavy atom. The molecule has 0 amide bonds. The molecule has 1 rings (SSSR count). The lowest BCUT2D eigenvalue weighted by Crippen LogP contribution is -2.47. The molecule has 52 valence electrons. The van der Waals surface area contributed by atoms with Gasteiger partial charge in [-0.1, -0.05) is 0 Å². The molecule has 0 unspecified atom stereocenters. The molecule has 1 saturated carbocycles. The van der Waals surface area contributed by atoms with Crippen molar-refractivity contribution in [3.63, 3.8) is 0 Å². The van der Waals surface area contributed by atoms with Crippen molar-refractivity contribution in [3.8, 4) is 0 Å². The van der Waals surface area contributed by atoms with Crippen LogP contribution in [0.5, 0.6) is 0 Å². The molecular weight excluding hydrogens is 130 g/mol. The van der Waals surface area contributed by atoms with Gasteiger partial charge in [-0.3, -0.25) is 0 Å². The molecule has 0 heterocycles. The third kappa shape index (κ3) is 0.886. The molecule has 9 heavy (non-hydrogen) atoms. The van der Waals surface area contributed by atoms with E-state index in [1.165, 1.54) is 0 Å². The number of aliphatic carboxylic acids is 1. The maximum atomic E-state index is 12.4. The summed E-state index contributed by atoms with van der Waals surface area (Å²) in [6.45, 7) is 0. The highest BCUT2D eigenvalue weighted by Crippen LogP contribution is 2.38. The fourth-order valence-corrected chi connectivity index (χ4v) is 0.817. The molecule has 0 spiro atoms. The van der Waals surface area contributed by atoms with E-state index < -0.39 is 30.7 Å². The molecular formula is C5H6F2O2. The second-order valence-electron chi connectivity index (χ2n) is 2.28. The Hall–Kier alpha value is -0.670. The Kier molecular flexibility index (Phi) is 1.18. The van der Waals surface area contributed by atoms with Crippen molar-refractivity contribution in [1.82, 2.24) is 0 Å². The predicted octanol–water partition coefficient (Wildman–Crippen LogP) is 0.911. The quantitative estimate of drug-likeness (QED) is 0.581. The van der Waals surface area contributed by atoms with Crippen LogP contribution in [0.25, 0.3) is 0 Å². The van der Waals surface area contributed by atoms with Crippen LogP contribution in [-0.4, -0.2) is 22.9 Å². The van der Waals surface area contributed by atoms with Gasteiger partial charge in [0.2, 0.25) is 5.67 Å². The molecule has 0 aromatic rings. The number of carboxylic acid groups (broad SMARTS) is 1. The van der Waals surface area contributed by atoms with Crippen molar-refractivity contribution in [1.29, 1.82) is 0 Å². The number of rotatable bonds is 1. The molecule has 0 bridgehead atoms. The van der Waals surface area contributed by atoms with Crippen molar-refractivity contribution < 1.29 is 18.7 Å². The van der Waals surface area contributed by atoms with Crippen LogP contribution >= 0.6 is 0 Å². The molecule has 0 radical (unpaired) electrons. The molecule has 0 atom stereocenters. The Morgan fingerprint density at radius 3 is 2.22 bits per heavy atom. The smallest absolute Gasteiger partial charge is 0.341 e. The van der Waals surface area contributed by atoms with Gasteiger partial charge in [-0.2, -0.15) is 0 Å². The summed E-state index contributed by atoms with van der Waals surface area (Å²) < 4.78 is 24.3. The number of carboxylic acids is 1. The standard InChI is InChI=1S/C5H6F2O2/c6-3-1-5(7,2-3)4(8)9/h3H,1-2H2,(H,8,9). The lowest BCUT2D eigenvalue weighted by molar-refractivity contribution is -0.162. The summed E-state index contributed by atoms with van der Waals surface area (Å²) in [6.07, 6.45) is -2.23. The largest absolute Gasteiger partial charge is 0.479 e. The lowest BCUT2D eigenvalue weighted by Gasteiger charge is -2.32. The van der Waals surface area contributed by atoms with Gasteiger partial charge in [0, 0.05) is 12.8 Å².